The largest absolute Gasteiger partial charge is 0.388 e. The van der Waals surface area contributed by atoms with Crippen molar-refractivity contribution in [3.8, 4) is 0 Å². The standard InChI is InChI=1S/2C16H16O/c17-16(15-11-5-2-6-12-15)13-7-10-14-8-3-1-4-9-14;1-2-15(13-9-5-3-6-10-13)16(17)14-11-7-4-8-12-14/h1-12,16-17H,13H2;2-12,15-17H,1H2/b10-7+;/t;15-,16-/m.0/s1. The number of hydrogen-bond donors (Lipinski definition) is 2. The van der Waals surface area contributed by atoms with Gasteiger partial charge in [-0.15, -0.1) is 6.58 Å². The summed E-state index contributed by atoms with van der Waals surface area (Å²) in [5.74, 6) is -0.0707. The molecule has 0 saturated heterocycles. The third kappa shape index (κ3) is 7.70. The lowest BCUT2D eigenvalue weighted by Gasteiger charge is -2.20. The SMILES string of the molecule is C=C[C@@H](c1ccccc1)[C@@H](O)c1ccccc1.OC(C/C=C/c1ccccc1)c1ccccc1. The molecular weight excluding hydrogens is 416 g/mol. The number of rotatable bonds is 8. The van der Waals surface area contributed by atoms with Crippen LogP contribution in [0.2, 0.25) is 0 Å². The van der Waals surface area contributed by atoms with Crippen LogP contribution in [-0.4, -0.2) is 10.2 Å². The Kier molecular flexibility index (Phi) is 10.1. The summed E-state index contributed by atoms with van der Waals surface area (Å²) in [6.45, 7) is 3.82. The van der Waals surface area contributed by atoms with Crippen LogP contribution in [0.5, 0.6) is 0 Å². The molecule has 34 heavy (non-hydrogen) atoms. The first-order chi connectivity index (χ1) is 16.7. The Bertz CT molecular complexity index is 1110. The van der Waals surface area contributed by atoms with E-state index in [1.54, 1.807) is 6.08 Å². The van der Waals surface area contributed by atoms with Crippen LogP contribution in [0.4, 0.5) is 0 Å². The second-order valence-electron chi connectivity index (χ2n) is 8.00. The van der Waals surface area contributed by atoms with Crippen molar-refractivity contribution in [3.05, 3.63) is 162 Å². The number of benzene rings is 4. The van der Waals surface area contributed by atoms with Crippen molar-refractivity contribution in [1.29, 1.82) is 0 Å². The second kappa shape index (κ2) is 13.7. The summed E-state index contributed by atoms with van der Waals surface area (Å²) in [4.78, 5) is 0. The smallest absolute Gasteiger partial charge is 0.0893 e. The van der Waals surface area contributed by atoms with Crippen LogP contribution in [0.3, 0.4) is 0 Å². The lowest BCUT2D eigenvalue weighted by molar-refractivity contribution is 0.162. The van der Waals surface area contributed by atoms with E-state index in [9.17, 15) is 10.2 Å². The predicted octanol–water partition coefficient (Wildman–Crippen LogP) is 7.51. The maximum atomic E-state index is 10.4. The van der Waals surface area contributed by atoms with Crippen molar-refractivity contribution < 1.29 is 10.2 Å². The zero-order chi connectivity index (χ0) is 24.0. The van der Waals surface area contributed by atoms with Gasteiger partial charge in [0.2, 0.25) is 0 Å². The highest BCUT2D eigenvalue weighted by molar-refractivity contribution is 5.48. The van der Waals surface area contributed by atoms with E-state index in [0.717, 1.165) is 22.3 Å². The van der Waals surface area contributed by atoms with Crippen molar-refractivity contribution in [2.75, 3.05) is 0 Å². The molecule has 0 spiro atoms. The summed E-state index contributed by atoms with van der Waals surface area (Å²) >= 11 is 0. The first-order valence-electron chi connectivity index (χ1n) is 11.5. The van der Waals surface area contributed by atoms with Crippen molar-refractivity contribution in [2.45, 2.75) is 24.5 Å². The van der Waals surface area contributed by atoms with Gasteiger partial charge in [0, 0.05) is 5.92 Å². The quantitative estimate of drug-likeness (QED) is 0.274. The van der Waals surface area contributed by atoms with Gasteiger partial charge in [0.15, 0.2) is 0 Å². The van der Waals surface area contributed by atoms with Crippen LogP contribution >= 0.6 is 0 Å². The van der Waals surface area contributed by atoms with E-state index < -0.39 is 12.2 Å². The molecule has 0 aromatic heterocycles. The molecule has 1 unspecified atom stereocenters. The average molecular weight is 449 g/mol. The molecular formula is C32H32O2. The van der Waals surface area contributed by atoms with E-state index in [-0.39, 0.29) is 5.92 Å². The number of aliphatic hydroxyl groups excluding tert-OH is 2. The van der Waals surface area contributed by atoms with Crippen LogP contribution in [0.25, 0.3) is 6.08 Å². The molecule has 0 heterocycles. The molecule has 0 radical (unpaired) electrons. The molecule has 172 valence electrons. The Hall–Kier alpha value is -3.72. The van der Waals surface area contributed by atoms with Crippen LogP contribution in [0.1, 0.15) is 46.8 Å². The lowest BCUT2D eigenvalue weighted by atomic mass is 9.89. The Balaban J connectivity index is 0.000000191. The van der Waals surface area contributed by atoms with Crippen LogP contribution in [0.15, 0.2) is 140 Å². The summed E-state index contributed by atoms with van der Waals surface area (Å²) in [7, 11) is 0. The van der Waals surface area contributed by atoms with E-state index >= 15 is 0 Å². The third-order valence-electron chi connectivity index (χ3n) is 5.57. The maximum Gasteiger partial charge on any atom is 0.0893 e. The maximum absolute atomic E-state index is 10.4. The average Bonchev–Trinajstić information content (AvgIpc) is 2.91. The van der Waals surface area contributed by atoms with Gasteiger partial charge in [-0.25, -0.2) is 0 Å². The Labute approximate surface area is 203 Å². The first kappa shape index (κ1) is 24.9. The molecule has 3 atom stereocenters. The van der Waals surface area contributed by atoms with Gasteiger partial charge in [0.25, 0.3) is 0 Å². The van der Waals surface area contributed by atoms with E-state index in [0.29, 0.717) is 6.42 Å². The summed E-state index contributed by atoms with van der Waals surface area (Å²) in [6, 6.07) is 39.5. The molecule has 0 aliphatic rings. The summed E-state index contributed by atoms with van der Waals surface area (Å²) in [5.41, 5.74) is 4.12. The zero-order valence-electron chi connectivity index (χ0n) is 19.3. The highest BCUT2D eigenvalue weighted by Gasteiger charge is 2.19. The molecule has 0 aliphatic heterocycles. The number of hydrogen-bond acceptors (Lipinski definition) is 2. The molecule has 4 aromatic rings. The van der Waals surface area contributed by atoms with Gasteiger partial charge in [-0.1, -0.05) is 140 Å². The molecule has 0 aliphatic carbocycles. The topological polar surface area (TPSA) is 40.5 Å². The fraction of sp³-hybridized carbons (Fsp3) is 0.125. The number of aliphatic hydroxyl groups is 2. The second-order valence-corrected chi connectivity index (χ2v) is 8.00. The summed E-state index contributed by atoms with van der Waals surface area (Å²) in [5, 5.41) is 20.3. The fourth-order valence-corrected chi connectivity index (χ4v) is 3.69. The van der Waals surface area contributed by atoms with Crippen molar-refractivity contribution in [1.82, 2.24) is 0 Å². The van der Waals surface area contributed by atoms with E-state index in [4.69, 9.17) is 0 Å². The molecule has 2 N–H and O–H groups in total. The van der Waals surface area contributed by atoms with E-state index in [2.05, 4.69) is 6.58 Å². The third-order valence-corrected chi connectivity index (χ3v) is 5.57. The molecule has 0 amide bonds. The zero-order valence-corrected chi connectivity index (χ0v) is 19.3. The Morgan fingerprint density at radius 1 is 0.588 bits per heavy atom. The van der Waals surface area contributed by atoms with Crippen LogP contribution < -0.4 is 0 Å². The van der Waals surface area contributed by atoms with Gasteiger partial charge in [0.05, 0.1) is 12.2 Å². The fourth-order valence-electron chi connectivity index (χ4n) is 3.69. The molecule has 0 saturated carbocycles. The van der Waals surface area contributed by atoms with Gasteiger partial charge < -0.3 is 10.2 Å². The highest BCUT2D eigenvalue weighted by Crippen LogP contribution is 2.31. The molecule has 4 aromatic carbocycles. The van der Waals surface area contributed by atoms with Crippen molar-refractivity contribution in [3.63, 3.8) is 0 Å². The highest BCUT2D eigenvalue weighted by atomic mass is 16.3. The first-order valence-corrected chi connectivity index (χ1v) is 11.5. The van der Waals surface area contributed by atoms with Gasteiger partial charge in [-0.3, -0.25) is 0 Å². The summed E-state index contributed by atoms with van der Waals surface area (Å²) < 4.78 is 0. The van der Waals surface area contributed by atoms with E-state index in [1.807, 2.05) is 133 Å². The normalized spacial score (nSPS) is 13.4. The minimum absolute atomic E-state index is 0.0707. The van der Waals surface area contributed by atoms with Gasteiger partial charge in [-0.05, 0) is 28.7 Å². The minimum Gasteiger partial charge on any atom is -0.388 e. The van der Waals surface area contributed by atoms with Gasteiger partial charge in [0.1, 0.15) is 0 Å². The van der Waals surface area contributed by atoms with Gasteiger partial charge >= 0.3 is 0 Å². The molecule has 0 fully saturated rings. The summed E-state index contributed by atoms with van der Waals surface area (Å²) in [6.07, 6.45) is 5.51. The van der Waals surface area contributed by atoms with Crippen molar-refractivity contribution >= 4 is 6.08 Å². The van der Waals surface area contributed by atoms with E-state index in [1.165, 1.54) is 0 Å². The van der Waals surface area contributed by atoms with Crippen molar-refractivity contribution in [2.24, 2.45) is 0 Å². The predicted molar refractivity (Wildman–Crippen MR) is 142 cm³/mol. The molecule has 2 heteroatoms. The molecule has 0 bridgehead atoms. The van der Waals surface area contributed by atoms with Gasteiger partial charge in [-0.2, -0.15) is 0 Å². The van der Waals surface area contributed by atoms with Crippen LogP contribution in [-0.2, 0) is 0 Å². The molecule has 4 rings (SSSR count). The molecule has 2 nitrogen and oxygen atoms in total. The van der Waals surface area contributed by atoms with Crippen LogP contribution in [0, 0.1) is 0 Å². The Morgan fingerprint density at radius 2 is 1.03 bits per heavy atom. The minimum atomic E-state index is -0.545. The lowest BCUT2D eigenvalue weighted by Crippen LogP contribution is -2.08. The monoisotopic (exact) mass is 448 g/mol. The Morgan fingerprint density at radius 3 is 1.53 bits per heavy atom.